The van der Waals surface area contributed by atoms with Gasteiger partial charge in [-0.15, -0.1) is 11.8 Å². The highest BCUT2D eigenvalue weighted by Crippen LogP contribution is 2.51. The van der Waals surface area contributed by atoms with Gasteiger partial charge in [0.2, 0.25) is 0 Å². The molecule has 0 saturated carbocycles. The molecular weight excluding hydrogens is 592 g/mol. The molecule has 0 unspecified atom stereocenters. The van der Waals surface area contributed by atoms with Crippen molar-refractivity contribution in [2.45, 2.75) is 37.4 Å². The van der Waals surface area contributed by atoms with E-state index in [2.05, 4.69) is 4.99 Å². The zero-order chi connectivity index (χ0) is 31.1. The molecule has 3 aliphatic heterocycles. The Balaban J connectivity index is 1.63. The maximum Gasteiger partial charge on any atom is 0.547 e. The van der Waals surface area contributed by atoms with Gasteiger partial charge in [0, 0.05) is 43.8 Å². The Morgan fingerprint density at radius 1 is 1.09 bits per heavy atom. The quantitative estimate of drug-likeness (QED) is 0.181. The fourth-order valence-corrected chi connectivity index (χ4v) is 6.37. The van der Waals surface area contributed by atoms with Crippen molar-refractivity contribution >= 4 is 41.1 Å². The van der Waals surface area contributed by atoms with E-state index in [0.29, 0.717) is 5.71 Å². The number of aliphatic imine (C=N–C) groups is 1. The number of amidine groups is 1. The van der Waals surface area contributed by atoms with Gasteiger partial charge >= 0.3 is 18.3 Å². The number of thioether (sulfide) groups is 1. The van der Waals surface area contributed by atoms with Crippen molar-refractivity contribution in [3.63, 3.8) is 0 Å². The van der Waals surface area contributed by atoms with Gasteiger partial charge in [-0.2, -0.15) is 22.5 Å². The number of rotatable bonds is 5. The third-order valence-electron chi connectivity index (χ3n) is 6.95. The molecule has 3 amide bonds. The van der Waals surface area contributed by atoms with Gasteiger partial charge in [0.05, 0.1) is 21.8 Å². The Morgan fingerprint density at radius 3 is 2.37 bits per heavy atom. The summed E-state index contributed by atoms with van der Waals surface area (Å²) >= 11 is 1.15. The van der Waals surface area contributed by atoms with Crippen LogP contribution in [0.4, 0.5) is 32.8 Å². The number of hydrogen-bond acceptors (Lipinski definition) is 7. The van der Waals surface area contributed by atoms with E-state index in [-0.39, 0.29) is 78.4 Å². The molecule has 5 rings (SSSR count). The van der Waals surface area contributed by atoms with Crippen molar-refractivity contribution in [2.75, 3.05) is 52.4 Å². The number of hydrogen-bond donors (Lipinski definition) is 0. The number of alkyl halides is 3. The van der Waals surface area contributed by atoms with E-state index in [9.17, 15) is 27.2 Å². The minimum absolute atomic E-state index is 0.00220. The van der Waals surface area contributed by atoms with Gasteiger partial charge < -0.3 is 24.0 Å². The summed E-state index contributed by atoms with van der Waals surface area (Å²) in [6.45, 7) is 6.14. The molecule has 3 aliphatic rings. The number of benzene rings is 2. The van der Waals surface area contributed by atoms with Gasteiger partial charge in [-0.25, -0.2) is 9.18 Å². The normalized spacial score (nSPS) is 17.2. The fourth-order valence-electron chi connectivity index (χ4n) is 5.13. The van der Waals surface area contributed by atoms with Crippen molar-refractivity contribution in [2.24, 2.45) is 4.99 Å². The van der Waals surface area contributed by atoms with E-state index in [1.165, 1.54) is 28.7 Å². The van der Waals surface area contributed by atoms with Gasteiger partial charge in [0.25, 0.3) is 5.84 Å². The second-order valence-corrected chi connectivity index (χ2v) is 12.1. The molecule has 0 bridgehead atoms. The van der Waals surface area contributed by atoms with Crippen molar-refractivity contribution in [3.8, 4) is 11.1 Å². The van der Waals surface area contributed by atoms with Crippen LogP contribution in [0.3, 0.4) is 0 Å². The standard InChI is InChI=1S/C29H31F4N4O5S/c1-28(2,3)42-27(39)36-11-9-35(10-12-36)25-20-13-21(29(31,32)33)22(17-5-7-18(30)8-6-17)24-23(20)37(26(38)34-25)19(15-43-24)14-41-16-40-4/h5-8,13H,9-12,14-16H2,1-4H3/q+1. The molecule has 0 N–H and O–H groups in total. The van der Waals surface area contributed by atoms with Crippen LogP contribution in [0.2, 0.25) is 0 Å². The van der Waals surface area contributed by atoms with Gasteiger partial charge in [-0.1, -0.05) is 12.1 Å². The second-order valence-electron chi connectivity index (χ2n) is 11.1. The van der Waals surface area contributed by atoms with Crippen LogP contribution in [0.15, 0.2) is 40.2 Å². The number of amides is 3. The zero-order valence-corrected chi connectivity index (χ0v) is 24.9. The third-order valence-corrected chi connectivity index (χ3v) is 8.11. The SMILES string of the molecule is COCOCC1=[N+]2C(=O)N=C(N3CCN(C(=O)OC(C)(C)C)CC3)c3cc(C(F)(F)F)c(-c4ccc(F)cc4)c(c32)SC1. The van der Waals surface area contributed by atoms with E-state index < -0.39 is 35.3 Å². The minimum atomic E-state index is -4.77. The van der Waals surface area contributed by atoms with Crippen molar-refractivity contribution in [1.29, 1.82) is 0 Å². The number of carbonyl (C=O) groups excluding carboxylic acids is 2. The maximum atomic E-state index is 14.7. The summed E-state index contributed by atoms with van der Waals surface area (Å²) in [4.78, 5) is 34.0. The molecule has 230 valence electrons. The molecule has 3 heterocycles. The summed E-state index contributed by atoms with van der Waals surface area (Å²) in [5.74, 6) is -0.326. The zero-order valence-electron chi connectivity index (χ0n) is 24.1. The molecule has 0 atom stereocenters. The predicted molar refractivity (Wildman–Crippen MR) is 152 cm³/mol. The molecule has 2 aromatic rings. The number of halogens is 4. The van der Waals surface area contributed by atoms with Gasteiger partial charge in [-0.05, 0) is 44.5 Å². The van der Waals surface area contributed by atoms with Gasteiger partial charge in [0.15, 0.2) is 5.69 Å². The van der Waals surface area contributed by atoms with E-state index in [1.807, 2.05) is 0 Å². The lowest BCUT2D eigenvalue weighted by Crippen LogP contribution is -2.52. The molecule has 2 aromatic carbocycles. The molecule has 0 spiro atoms. The lowest BCUT2D eigenvalue weighted by molar-refractivity contribution is -0.338. The molecule has 43 heavy (non-hydrogen) atoms. The summed E-state index contributed by atoms with van der Waals surface area (Å²) in [5, 5.41) is 0. The summed E-state index contributed by atoms with van der Waals surface area (Å²) in [6.07, 6.45) is -5.26. The largest absolute Gasteiger partial charge is 0.547 e. The first-order valence-electron chi connectivity index (χ1n) is 13.5. The predicted octanol–water partition coefficient (Wildman–Crippen LogP) is 5.76. The second kappa shape index (κ2) is 11.9. The number of nitrogens with zero attached hydrogens (tertiary/aromatic N) is 4. The summed E-state index contributed by atoms with van der Waals surface area (Å²) in [5.41, 5.74) is -0.672. The van der Waals surface area contributed by atoms with Crippen LogP contribution in [0, 0.1) is 5.82 Å². The summed E-state index contributed by atoms with van der Waals surface area (Å²) in [6, 6.07) is 5.14. The molecule has 1 saturated heterocycles. The fraction of sp³-hybridized carbons (Fsp3) is 0.448. The molecule has 0 aromatic heterocycles. The molecule has 1 fully saturated rings. The van der Waals surface area contributed by atoms with Crippen LogP contribution < -0.4 is 0 Å². The smallest absolute Gasteiger partial charge is 0.444 e. The topological polar surface area (TPSA) is 83.7 Å². The van der Waals surface area contributed by atoms with Crippen LogP contribution in [-0.4, -0.2) is 96.1 Å². The molecular formula is C29H31F4N4O5S+. The van der Waals surface area contributed by atoms with Crippen LogP contribution in [0.25, 0.3) is 11.1 Å². The van der Waals surface area contributed by atoms with E-state index >= 15 is 0 Å². The summed E-state index contributed by atoms with van der Waals surface area (Å²) in [7, 11) is 1.45. The highest BCUT2D eigenvalue weighted by molar-refractivity contribution is 8.00. The van der Waals surface area contributed by atoms with E-state index in [4.69, 9.17) is 14.2 Å². The van der Waals surface area contributed by atoms with Crippen molar-refractivity contribution in [3.05, 3.63) is 47.3 Å². The minimum Gasteiger partial charge on any atom is -0.444 e. The van der Waals surface area contributed by atoms with Crippen molar-refractivity contribution in [1.82, 2.24) is 9.80 Å². The lowest BCUT2D eigenvalue weighted by Gasteiger charge is -2.37. The number of methoxy groups -OCH3 is 1. The molecule has 14 heteroatoms. The first-order valence-corrected chi connectivity index (χ1v) is 14.5. The Labute approximate surface area is 250 Å². The monoisotopic (exact) mass is 623 g/mol. The number of carbonyl (C=O) groups is 2. The Bertz CT molecular complexity index is 1490. The van der Waals surface area contributed by atoms with Crippen LogP contribution >= 0.6 is 11.8 Å². The van der Waals surface area contributed by atoms with E-state index in [1.54, 1.807) is 25.7 Å². The van der Waals surface area contributed by atoms with Gasteiger partial charge in [0.1, 0.15) is 30.5 Å². The highest BCUT2D eigenvalue weighted by atomic mass is 32.2. The number of piperazine rings is 1. The Hall–Kier alpha value is -3.49. The first-order chi connectivity index (χ1) is 20.3. The first kappa shape index (κ1) is 31.0. The average molecular weight is 624 g/mol. The average Bonchev–Trinajstić information content (AvgIpc) is 2.94. The van der Waals surface area contributed by atoms with Crippen LogP contribution in [0.5, 0.6) is 0 Å². The van der Waals surface area contributed by atoms with Crippen molar-refractivity contribution < 1.29 is 45.9 Å². The van der Waals surface area contributed by atoms with Gasteiger partial charge in [-0.3, -0.25) is 0 Å². The van der Waals surface area contributed by atoms with Crippen LogP contribution in [-0.2, 0) is 20.4 Å². The molecule has 0 aliphatic carbocycles. The van der Waals surface area contributed by atoms with E-state index in [0.717, 1.165) is 30.0 Å². The van der Waals surface area contributed by atoms with Crippen LogP contribution in [0.1, 0.15) is 31.9 Å². The Morgan fingerprint density at radius 2 is 1.77 bits per heavy atom. The maximum absolute atomic E-state index is 14.7. The number of ether oxygens (including phenoxy) is 3. The Kier molecular flexibility index (Phi) is 8.56. The summed E-state index contributed by atoms with van der Waals surface area (Å²) < 4.78 is 75.1. The highest BCUT2D eigenvalue weighted by Gasteiger charge is 2.47. The third kappa shape index (κ3) is 6.41. The molecule has 9 nitrogen and oxygen atoms in total. The number of urea groups is 1. The lowest BCUT2D eigenvalue weighted by atomic mass is 9.93. The molecule has 0 radical (unpaired) electrons.